The third-order valence-corrected chi connectivity index (χ3v) is 22.2. The molecule has 27 aromatic heterocycles. The summed E-state index contributed by atoms with van der Waals surface area (Å²) >= 11 is 0. The number of rotatable bonds is 0. The van der Waals surface area contributed by atoms with Crippen LogP contribution in [0.25, 0.3) is 94.2 Å². The number of imidazole rings is 6. The fourth-order valence-electron chi connectivity index (χ4n) is 14.9. The predicted octanol–water partition coefficient (Wildman–Crippen LogP) is 20.2. The van der Waals surface area contributed by atoms with Crippen molar-refractivity contribution in [3.63, 3.8) is 0 Å². The molecule has 3 aliphatic rings. The van der Waals surface area contributed by atoms with E-state index in [4.69, 9.17) is 0 Å². The average Bonchev–Trinajstić information content (AvgIpc) is 1.85. The van der Waals surface area contributed by atoms with Crippen LogP contribution in [0.1, 0.15) is 36.2 Å². The number of pyridine rings is 10. The zero-order chi connectivity index (χ0) is 99.1. The summed E-state index contributed by atoms with van der Waals surface area (Å²) in [6.45, 7) is 3.44. The van der Waals surface area contributed by atoms with E-state index in [2.05, 4.69) is 196 Å². The molecule has 0 saturated heterocycles. The molecule has 3 aliphatic heterocycles. The van der Waals surface area contributed by atoms with Crippen LogP contribution in [0, 0.1) is 0 Å². The van der Waals surface area contributed by atoms with Crippen molar-refractivity contribution in [3.8, 4) is 0 Å². The lowest BCUT2D eigenvalue weighted by Gasteiger charge is -2.16. The van der Waals surface area contributed by atoms with E-state index in [0.717, 1.165) is 86.4 Å². The van der Waals surface area contributed by atoms with Gasteiger partial charge in [0.25, 0.3) is 0 Å². The molecule has 2 aromatic carbocycles. The van der Waals surface area contributed by atoms with Crippen LogP contribution in [0.5, 0.6) is 0 Å². The molecule has 0 spiro atoms. The number of fused-ring (bicyclic) bond motifs is 16. The van der Waals surface area contributed by atoms with Crippen molar-refractivity contribution < 1.29 is 0 Å². The van der Waals surface area contributed by atoms with Gasteiger partial charge in [0, 0.05) is 209 Å². The Morgan fingerprint density at radius 3 is 1.63 bits per heavy atom. The summed E-state index contributed by atoms with van der Waals surface area (Å²) in [5.41, 5.74) is 20.4. The Bertz CT molecular complexity index is 6800. The molecule has 722 valence electrons. The molecule has 0 aliphatic carbocycles. The largest absolute Gasteiger partial charge is 0.385 e. The smallest absolute Gasteiger partial charge is 0.180 e. The summed E-state index contributed by atoms with van der Waals surface area (Å²) in [7, 11) is 0. The Morgan fingerprint density at radius 1 is 0.274 bits per heavy atom. The van der Waals surface area contributed by atoms with Gasteiger partial charge in [0.2, 0.25) is 0 Å². The molecule has 35 nitrogen and oxygen atoms in total. The molecule has 0 unspecified atom stereocenters. The van der Waals surface area contributed by atoms with E-state index in [0.29, 0.717) is 5.65 Å². The van der Waals surface area contributed by atoms with E-state index < -0.39 is 0 Å². The molecule has 146 heavy (non-hydrogen) atoms. The van der Waals surface area contributed by atoms with Crippen molar-refractivity contribution in [2.24, 2.45) is 0 Å². The van der Waals surface area contributed by atoms with Crippen molar-refractivity contribution >= 4 is 106 Å². The number of para-hydroxylation sites is 1. The van der Waals surface area contributed by atoms with Crippen molar-refractivity contribution in [2.45, 2.75) is 45.1 Å². The van der Waals surface area contributed by atoms with Gasteiger partial charge in [-0.3, -0.25) is 33.7 Å². The second-order valence-corrected chi connectivity index (χ2v) is 31.9. The highest BCUT2D eigenvalue weighted by atomic mass is 15.3. The van der Waals surface area contributed by atoms with Gasteiger partial charge in [0.15, 0.2) is 22.6 Å². The summed E-state index contributed by atoms with van der Waals surface area (Å²) in [4.78, 5) is 68.8. The molecular weight excluding hydrogens is 1820 g/mol. The molecule has 0 atom stereocenters. The minimum absolute atomic E-state index is 0.713. The third-order valence-electron chi connectivity index (χ3n) is 22.2. The van der Waals surface area contributed by atoms with Gasteiger partial charge in [-0.05, 0) is 225 Å². The second kappa shape index (κ2) is 53.1. The van der Waals surface area contributed by atoms with Gasteiger partial charge < -0.3 is 47.8 Å². The Labute approximate surface area is 837 Å². The average molecular weight is 1930 g/mol. The van der Waals surface area contributed by atoms with Crippen LogP contribution in [0.3, 0.4) is 0 Å². The Hall–Kier alpha value is -20.3. The number of nitrogens with zero attached hydrogens (tertiary/aromatic N) is 30. The first-order valence-corrected chi connectivity index (χ1v) is 47.1. The second-order valence-electron chi connectivity index (χ2n) is 31.9. The van der Waals surface area contributed by atoms with Gasteiger partial charge in [-0.1, -0.05) is 84.9 Å². The number of hydrogen-bond donors (Lipinski definition) is 5. The maximum absolute atomic E-state index is 4.26. The van der Waals surface area contributed by atoms with Gasteiger partial charge in [0.1, 0.15) is 42.1 Å². The first kappa shape index (κ1) is 97.4. The van der Waals surface area contributed by atoms with Gasteiger partial charge in [-0.15, -0.1) is 10.2 Å². The zero-order valence-electron chi connectivity index (χ0n) is 79.5. The molecule has 32 rings (SSSR count). The van der Waals surface area contributed by atoms with E-state index in [-0.39, 0.29) is 0 Å². The van der Waals surface area contributed by atoms with Gasteiger partial charge in [0.05, 0.1) is 88.3 Å². The van der Waals surface area contributed by atoms with Crippen LogP contribution in [0.15, 0.2) is 491 Å². The van der Waals surface area contributed by atoms with Crippen LogP contribution < -0.4 is 10.6 Å². The number of aryl methyl sites for hydroxylation is 4. The number of nitrogens with one attached hydrogen (secondary N) is 5. The number of aromatic nitrogens is 33. The van der Waals surface area contributed by atoms with Gasteiger partial charge >= 0.3 is 0 Å². The summed E-state index contributed by atoms with van der Waals surface area (Å²) in [5, 5.41) is 29.9. The normalized spacial score (nSPS) is 11.3. The predicted molar refractivity (Wildman–Crippen MR) is 571 cm³/mol. The Balaban J connectivity index is 0.000000107. The number of anilines is 2. The molecule has 0 radical (unpaired) electrons. The molecule has 0 saturated carbocycles. The number of hydrogen-bond acceptors (Lipinski definition) is 22. The first-order chi connectivity index (χ1) is 72.5. The molecule has 5 N–H and O–H groups in total. The Kier molecular flexibility index (Phi) is 35.4. The lowest BCUT2D eigenvalue weighted by atomic mass is 10.1. The highest BCUT2D eigenvalue weighted by Gasteiger charge is 2.09. The standard InChI is InChI=1S/C9H7N.2C8H10N2.2C8H7N.4C7H6N2.C7H9N.5C6H5N3.C5H4N4/c1-2-6-9-8(4-1)5-3-7-10-9;1-3-7-8(9-5-1)4-2-6-10-7;1-2-7-6-9-5-3-8(7)10-4-1;1-2-6-9-7-3-5-8(9)4-1;1-2-4-8-6-9-5-7(8)3-1;1-3-7-4-2-6-9(7)8-5-1;1-2-6-9-7(3-1)4-5-8-9;1-2-5-9-6-4-8-7(9)3-1;1-2-4-9-6-8-5-7(9)3-1;1-3-7-4-2-6-8(7)5-1;1-3-9-4-2-8-6(9)5-7-1;1-2-7-3-6-5(1)8-4-9-6;1-2-7-5-9-4-3-8-6(1)9;1-2-4-9-5-7-8-6(9)3-1;1-2-4-9-6(3-1)7-5-8-9;1-4-5(8-2-6-1)9-3-7-4/h1-7H;1,3,5,10H,2,4,6H2;3,5-6,10H,1-2,4H2;1-7H;1-6,9H;4*1-6H;1,3,5H,2,4,6H2;1-5H;1-4H,(H,8,9);3*1-5H;1-3H,(H,6,7,8,9). The van der Waals surface area contributed by atoms with E-state index in [9.17, 15) is 0 Å². The first-order valence-electron chi connectivity index (χ1n) is 47.1. The number of aromatic amines is 3. The Morgan fingerprint density at radius 2 is 0.856 bits per heavy atom. The lowest BCUT2D eigenvalue weighted by Crippen LogP contribution is -2.12. The summed E-state index contributed by atoms with van der Waals surface area (Å²) in [5.74, 6) is 0. The minimum Gasteiger partial charge on any atom is -0.385 e. The van der Waals surface area contributed by atoms with Crippen LogP contribution in [-0.4, -0.2) is 173 Å². The van der Waals surface area contributed by atoms with Crippen LogP contribution >= 0.6 is 0 Å². The fourth-order valence-corrected chi connectivity index (χ4v) is 14.9. The molecular formula is C111H103N35. The van der Waals surface area contributed by atoms with Crippen molar-refractivity contribution in [2.75, 3.05) is 23.7 Å². The number of H-pyrrole nitrogens is 3. The number of benzene rings is 2. The van der Waals surface area contributed by atoms with Crippen LogP contribution in [-0.2, 0) is 25.8 Å². The molecule has 0 fully saturated rings. The summed E-state index contributed by atoms with van der Waals surface area (Å²) in [6, 6.07) is 84.1. The molecule has 35 heteroatoms. The van der Waals surface area contributed by atoms with Gasteiger partial charge in [-0.25, -0.2) is 63.4 Å². The summed E-state index contributed by atoms with van der Waals surface area (Å²) < 4.78 is 19.4. The maximum atomic E-state index is 4.26. The topological polar surface area (TPSA) is 374 Å². The van der Waals surface area contributed by atoms with Crippen molar-refractivity contribution in [1.29, 1.82) is 0 Å². The van der Waals surface area contributed by atoms with E-state index in [1.54, 1.807) is 104 Å². The monoisotopic (exact) mass is 1930 g/mol. The highest BCUT2D eigenvalue weighted by molar-refractivity contribution is 5.82. The van der Waals surface area contributed by atoms with E-state index in [1.165, 1.54) is 101 Å². The quantitative estimate of drug-likeness (QED) is 0.0941. The van der Waals surface area contributed by atoms with E-state index in [1.807, 2.05) is 349 Å². The van der Waals surface area contributed by atoms with Crippen LogP contribution in [0.4, 0.5) is 11.4 Å². The lowest BCUT2D eigenvalue weighted by molar-refractivity contribution is 0.750. The zero-order valence-corrected chi connectivity index (χ0v) is 79.5. The summed E-state index contributed by atoms with van der Waals surface area (Å²) in [6.07, 6.45) is 76.6. The third kappa shape index (κ3) is 29.0. The molecule has 30 heterocycles. The van der Waals surface area contributed by atoms with Crippen molar-refractivity contribution in [3.05, 3.63) is 508 Å². The molecule has 0 amide bonds. The fraction of sp³-hybridized carbons (Fsp3) is 0.0811. The SMILES string of the molecule is c1cc2c(cn1)CCCN2.c1cc2n(c1)CCC2.c1cc2nc[nH]c2cn1.c1cc2nccn2cn1.c1ccc2c[nH]cc2c1.c1ccc2ncccc2c1.c1ccn2cccc2c1.c1ccn2ccnc2c1.c1ccn2cncc2c1.c1ccn2cnnc2c1.c1ccn2nccc2c1.c1ccn2ncnc2c1.c1cn2ccnc2cn1.c1cnc2c(c1)NCCC2.c1cnn2cccc2c1.c1ncc2[nH]cnc2n1. The van der Waals surface area contributed by atoms with Crippen LogP contribution in [0.2, 0.25) is 0 Å². The molecule has 0 bridgehead atoms. The maximum Gasteiger partial charge on any atom is 0.180 e. The van der Waals surface area contributed by atoms with E-state index >= 15 is 0 Å². The minimum atomic E-state index is 0.713. The van der Waals surface area contributed by atoms with Gasteiger partial charge in [-0.2, -0.15) is 15.3 Å². The molecule has 29 aromatic rings. The van der Waals surface area contributed by atoms with Crippen molar-refractivity contribution in [1.82, 2.24) is 160 Å². The highest BCUT2D eigenvalue weighted by Crippen LogP contribution is 2.21.